The Balaban J connectivity index is 1.66. The minimum atomic E-state index is -0.397. The molecule has 1 aromatic heterocycles. The predicted octanol–water partition coefficient (Wildman–Crippen LogP) is 4.44. The number of benzene rings is 2. The average Bonchev–Trinajstić information content (AvgIpc) is 3.22. The van der Waals surface area contributed by atoms with Crippen molar-refractivity contribution in [3.05, 3.63) is 59.9 Å². The van der Waals surface area contributed by atoms with E-state index in [1.54, 1.807) is 31.4 Å². The first-order chi connectivity index (χ1) is 15.4. The molecule has 166 valence electrons. The Morgan fingerprint density at radius 2 is 1.78 bits per heavy atom. The van der Waals surface area contributed by atoms with Gasteiger partial charge in [0.15, 0.2) is 17.1 Å². The van der Waals surface area contributed by atoms with Crippen LogP contribution in [-0.4, -0.2) is 33.0 Å². The Bertz CT molecular complexity index is 1090. The van der Waals surface area contributed by atoms with Gasteiger partial charge in [0.25, 0.3) is 0 Å². The van der Waals surface area contributed by atoms with E-state index in [9.17, 15) is 4.79 Å². The second kappa shape index (κ2) is 10.7. The zero-order chi connectivity index (χ0) is 23.1. The first kappa shape index (κ1) is 23.2. The molecular weight excluding hydrogens is 426 g/mol. The summed E-state index contributed by atoms with van der Waals surface area (Å²) in [6.45, 7) is 6.37. The molecule has 0 aliphatic rings. The van der Waals surface area contributed by atoms with Crippen molar-refractivity contribution in [3.63, 3.8) is 0 Å². The van der Waals surface area contributed by atoms with Gasteiger partial charge >= 0.3 is 0 Å². The van der Waals surface area contributed by atoms with Crippen molar-refractivity contribution in [1.29, 1.82) is 5.26 Å². The summed E-state index contributed by atoms with van der Waals surface area (Å²) >= 11 is 1.33. The number of hydrogen-bond donors (Lipinski definition) is 1. The van der Waals surface area contributed by atoms with Gasteiger partial charge in [-0.1, -0.05) is 11.8 Å². The van der Waals surface area contributed by atoms with Crippen LogP contribution in [0, 0.1) is 11.3 Å². The normalized spacial score (nSPS) is 12.5. The van der Waals surface area contributed by atoms with Crippen LogP contribution >= 0.6 is 11.8 Å². The van der Waals surface area contributed by atoms with E-state index >= 15 is 0 Å². The number of anilines is 1. The molecule has 0 fully saturated rings. The summed E-state index contributed by atoms with van der Waals surface area (Å²) in [6, 6.07) is 16.2. The number of carbonyl (C=O) groups is 1. The molecule has 8 nitrogen and oxygen atoms in total. The summed E-state index contributed by atoms with van der Waals surface area (Å²) in [5.41, 5.74) is 1.18. The standard InChI is InChI=1S/C23H25N5O3S/c1-5-28-21(15(2)31-20-12-10-19(30-4)11-13-20)26-27-23(28)32-16(3)22(29)25-18-8-6-17(14-24)7-9-18/h6-13,15-16H,5H2,1-4H3,(H,25,29). The highest BCUT2D eigenvalue weighted by Crippen LogP contribution is 2.28. The number of nitriles is 1. The number of rotatable bonds is 9. The fraction of sp³-hybridized carbons (Fsp3) is 0.304. The molecule has 0 saturated heterocycles. The SMILES string of the molecule is CCn1c(SC(C)C(=O)Nc2ccc(C#N)cc2)nnc1C(C)Oc1ccc(OC)cc1. The molecule has 0 radical (unpaired) electrons. The van der Waals surface area contributed by atoms with Crippen molar-refractivity contribution >= 4 is 23.4 Å². The fourth-order valence-corrected chi connectivity index (χ4v) is 3.90. The second-order valence-corrected chi connectivity index (χ2v) is 8.27. The number of hydrogen-bond acceptors (Lipinski definition) is 7. The molecule has 3 aromatic rings. The third-order valence-electron chi connectivity index (χ3n) is 4.73. The largest absolute Gasteiger partial charge is 0.497 e. The van der Waals surface area contributed by atoms with Crippen LogP contribution in [0.1, 0.15) is 38.3 Å². The van der Waals surface area contributed by atoms with Gasteiger partial charge in [-0.05, 0) is 69.3 Å². The summed E-state index contributed by atoms with van der Waals surface area (Å²) in [5, 5.41) is 20.6. The molecule has 0 saturated carbocycles. The lowest BCUT2D eigenvalue weighted by Gasteiger charge is -2.16. The molecule has 32 heavy (non-hydrogen) atoms. The van der Waals surface area contributed by atoms with Crippen molar-refractivity contribution in [2.75, 3.05) is 12.4 Å². The maximum absolute atomic E-state index is 12.6. The van der Waals surface area contributed by atoms with Gasteiger partial charge in [-0.3, -0.25) is 4.79 Å². The van der Waals surface area contributed by atoms with Crippen LogP contribution in [-0.2, 0) is 11.3 Å². The van der Waals surface area contributed by atoms with E-state index in [0.717, 1.165) is 5.75 Å². The van der Waals surface area contributed by atoms with E-state index in [-0.39, 0.29) is 12.0 Å². The van der Waals surface area contributed by atoms with E-state index in [1.807, 2.05) is 49.6 Å². The number of nitrogens with zero attached hydrogens (tertiary/aromatic N) is 4. The van der Waals surface area contributed by atoms with Crippen molar-refractivity contribution in [1.82, 2.24) is 14.8 Å². The van der Waals surface area contributed by atoms with Crippen molar-refractivity contribution in [2.24, 2.45) is 0 Å². The first-order valence-corrected chi connectivity index (χ1v) is 11.0. The second-order valence-electron chi connectivity index (χ2n) is 6.96. The van der Waals surface area contributed by atoms with Crippen LogP contribution in [0.25, 0.3) is 0 Å². The molecule has 1 amide bonds. The molecule has 2 aromatic carbocycles. The van der Waals surface area contributed by atoms with Crippen molar-refractivity contribution in [3.8, 4) is 17.6 Å². The number of nitrogens with one attached hydrogen (secondary N) is 1. The molecule has 2 unspecified atom stereocenters. The van der Waals surface area contributed by atoms with E-state index in [0.29, 0.717) is 34.5 Å². The van der Waals surface area contributed by atoms with Crippen LogP contribution in [0.4, 0.5) is 5.69 Å². The molecule has 1 heterocycles. The van der Waals surface area contributed by atoms with Crippen LogP contribution in [0.3, 0.4) is 0 Å². The molecule has 9 heteroatoms. The van der Waals surface area contributed by atoms with Crippen LogP contribution in [0.5, 0.6) is 11.5 Å². The molecule has 0 aliphatic heterocycles. The smallest absolute Gasteiger partial charge is 0.237 e. The zero-order valence-corrected chi connectivity index (χ0v) is 19.2. The quantitative estimate of drug-likeness (QED) is 0.480. The number of methoxy groups -OCH3 is 1. The summed E-state index contributed by atoms with van der Waals surface area (Å²) < 4.78 is 13.1. The van der Waals surface area contributed by atoms with Gasteiger partial charge in [-0.25, -0.2) is 0 Å². The van der Waals surface area contributed by atoms with E-state index < -0.39 is 5.25 Å². The van der Waals surface area contributed by atoms with Crippen LogP contribution in [0.15, 0.2) is 53.7 Å². The lowest BCUT2D eigenvalue weighted by Crippen LogP contribution is -2.23. The van der Waals surface area contributed by atoms with Crippen LogP contribution in [0.2, 0.25) is 0 Å². The Morgan fingerprint density at radius 3 is 2.38 bits per heavy atom. The first-order valence-electron chi connectivity index (χ1n) is 10.2. The fourth-order valence-electron chi connectivity index (χ4n) is 2.98. The number of aromatic nitrogens is 3. The minimum Gasteiger partial charge on any atom is -0.497 e. The van der Waals surface area contributed by atoms with Gasteiger partial charge in [0.1, 0.15) is 11.5 Å². The third kappa shape index (κ3) is 5.59. The monoisotopic (exact) mass is 451 g/mol. The number of thioether (sulfide) groups is 1. The Kier molecular flexibility index (Phi) is 7.73. The van der Waals surface area contributed by atoms with E-state index in [2.05, 4.69) is 21.6 Å². The molecule has 0 spiro atoms. The average molecular weight is 452 g/mol. The molecule has 0 bridgehead atoms. The summed E-state index contributed by atoms with van der Waals surface area (Å²) in [7, 11) is 1.62. The van der Waals surface area contributed by atoms with Crippen molar-refractivity contribution < 1.29 is 14.3 Å². The highest BCUT2D eigenvalue weighted by molar-refractivity contribution is 8.00. The summed E-state index contributed by atoms with van der Waals surface area (Å²) in [5.74, 6) is 1.99. The van der Waals surface area contributed by atoms with Gasteiger partial charge in [-0.15, -0.1) is 10.2 Å². The molecule has 0 aliphatic carbocycles. The summed E-state index contributed by atoms with van der Waals surface area (Å²) in [4.78, 5) is 12.6. The van der Waals surface area contributed by atoms with Crippen LogP contribution < -0.4 is 14.8 Å². The Morgan fingerprint density at radius 1 is 1.12 bits per heavy atom. The number of carbonyl (C=O) groups excluding carboxylic acids is 1. The topological polar surface area (TPSA) is 102 Å². The lowest BCUT2D eigenvalue weighted by molar-refractivity contribution is -0.115. The number of ether oxygens (including phenoxy) is 2. The van der Waals surface area contributed by atoms with Gasteiger partial charge in [0.2, 0.25) is 5.91 Å². The molecule has 1 N–H and O–H groups in total. The Hall–Kier alpha value is -3.51. The molecular formula is C23H25N5O3S. The van der Waals surface area contributed by atoms with E-state index in [4.69, 9.17) is 14.7 Å². The zero-order valence-electron chi connectivity index (χ0n) is 18.4. The van der Waals surface area contributed by atoms with Gasteiger partial charge in [0, 0.05) is 12.2 Å². The third-order valence-corrected chi connectivity index (χ3v) is 5.81. The van der Waals surface area contributed by atoms with Crippen molar-refractivity contribution in [2.45, 2.75) is 43.8 Å². The van der Waals surface area contributed by atoms with Gasteiger partial charge in [-0.2, -0.15) is 5.26 Å². The van der Waals surface area contributed by atoms with Gasteiger partial charge in [0.05, 0.1) is 24.0 Å². The molecule has 2 atom stereocenters. The van der Waals surface area contributed by atoms with E-state index in [1.165, 1.54) is 11.8 Å². The highest BCUT2D eigenvalue weighted by Gasteiger charge is 2.23. The lowest BCUT2D eigenvalue weighted by atomic mass is 10.2. The Labute approximate surface area is 191 Å². The number of amides is 1. The minimum absolute atomic E-state index is 0.158. The van der Waals surface area contributed by atoms with Gasteiger partial charge < -0.3 is 19.4 Å². The highest BCUT2D eigenvalue weighted by atomic mass is 32.2. The maximum atomic E-state index is 12.6. The maximum Gasteiger partial charge on any atom is 0.237 e. The predicted molar refractivity (Wildman–Crippen MR) is 123 cm³/mol. The summed E-state index contributed by atoms with van der Waals surface area (Å²) in [6.07, 6.45) is -0.326. The molecule has 3 rings (SSSR count).